The largest absolute Gasteiger partial charge is 0.398 e. The third-order valence-corrected chi connectivity index (χ3v) is 16.1. The molecule has 0 aliphatic heterocycles. The van der Waals surface area contributed by atoms with E-state index in [1.807, 2.05) is 6.07 Å². The summed E-state index contributed by atoms with van der Waals surface area (Å²) in [6.07, 6.45) is 8.33. The molecule has 0 amide bonds. The van der Waals surface area contributed by atoms with Gasteiger partial charge in [-0.15, -0.1) is 0 Å². The normalized spacial score (nSPS) is 10.6. The van der Waals surface area contributed by atoms with E-state index in [0.29, 0.717) is 84.2 Å². The molecular weight excluding hydrogens is 1490 g/mol. The van der Waals surface area contributed by atoms with Crippen LogP contribution in [0.2, 0.25) is 15.5 Å². The first kappa shape index (κ1) is 78.4. The molecule has 0 radical (unpaired) electrons. The molecule has 0 aliphatic carbocycles. The van der Waals surface area contributed by atoms with Crippen molar-refractivity contribution in [2.75, 3.05) is 16.8 Å². The molecule has 15 aromatic rings. The minimum absolute atomic E-state index is 0.0823. The molecule has 30 heteroatoms. The van der Waals surface area contributed by atoms with Gasteiger partial charge in [0.05, 0.1) is 67.9 Å². The zero-order valence-electron chi connectivity index (χ0n) is 56.0. The molecule has 548 valence electrons. The van der Waals surface area contributed by atoms with Crippen molar-refractivity contribution in [3.8, 4) is 44.8 Å². The lowest BCUT2D eigenvalue weighted by molar-refractivity contribution is -0.116. The van der Waals surface area contributed by atoms with E-state index < -0.39 is 74.6 Å². The fourth-order valence-corrected chi connectivity index (χ4v) is 11.0. The number of Topliss-reactive ketones (excluding diaryl/α,β-unsaturated/α-hetero) is 1. The topological polar surface area (TPSA) is 252 Å². The predicted octanol–water partition coefficient (Wildman–Crippen LogP) is 18.1. The number of halogens is 13. The Morgan fingerprint density at radius 3 is 1.30 bits per heavy atom. The fraction of sp³-hybridized carbons (Fsp3) is 0.0253. The Bertz CT molecular complexity index is 5960. The highest BCUT2D eigenvalue weighted by Gasteiger charge is 2.23. The van der Waals surface area contributed by atoms with E-state index in [-0.39, 0.29) is 61.7 Å². The Hall–Kier alpha value is -13.2. The summed E-state index contributed by atoms with van der Waals surface area (Å²) >= 11 is 17.2. The van der Waals surface area contributed by atoms with Crippen molar-refractivity contribution in [1.82, 2.24) is 44.0 Å². The zero-order valence-corrected chi connectivity index (χ0v) is 58.3. The van der Waals surface area contributed by atoms with Crippen molar-refractivity contribution in [2.24, 2.45) is 0 Å². The minimum atomic E-state index is -0.834. The maximum atomic E-state index is 14.5. The maximum absolute atomic E-state index is 14.5. The number of nitrogens with one attached hydrogen (secondary N) is 2. The first-order valence-electron chi connectivity index (χ1n) is 31.7. The summed E-state index contributed by atoms with van der Waals surface area (Å²) in [4.78, 5) is 85.3. The molecular formula is C79H51Cl3F10N12O5. The molecule has 0 bridgehead atoms. The summed E-state index contributed by atoms with van der Waals surface area (Å²) in [6.45, 7) is 1.30. The number of nitrogens with zero attached hydrogens (tertiary/aromatic N) is 8. The van der Waals surface area contributed by atoms with Crippen molar-refractivity contribution < 1.29 is 53.5 Å². The summed E-state index contributed by atoms with van der Waals surface area (Å²) in [5, 5.41) is 5.26. The smallest absolute Gasteiger partial charge is 0.263 e. The Labute approximate surface area is 625 Å². The fourth-order valence-electron chi connectivity index (χ4n) is 10.5. The second-order valence-corrected chi connectivity index (χ2v) is 24.0. The van der Waals surface area contributed by atoms with Crippen LogP contribution in [0.5, 0.6) is 0 Å². The number of H-pyrrole nitrogens is 1. The Balaban J connectivity index is 0.000000149. The SMILES string of the molecule is CC(=O)Cc1c(F)cccc1F.Nc1cc(Cl)ncc1C=O.Nc1ccc(F)cn1.O=c1[nH]c2cc(Cl)ncc2cc1-c1c(F)cccc1F.O=c1c(-c2c(F)cccc2F)cc2cnc(Cl)cc2n1-c1ccccc1.O=c1c(-c2c(F)cccc2F)cc2cnc(Nc3ccc(F)cn3)cc2n1-c1ccccc1. The molecule has 9 aromatic heterocycles. The van der Waals surface area contributed by atoms with Crippen LogP contribution in [0.4, 0.5) is 67.0 Å². The molecule has 6 N–H and O–H groups in total. The number of nitrogens with two attached hydrogens (primary N) is 2. The number of nitrogen functional groups attached to an aromatic ring is 2. The number of carbonyl (C=O) groups is 2. The number of ketones is 1. The summed E-state index contributed by atoms with van der Waals surface area (Å²) in [6, 6.07) is 47.2. The van der Waals surface area contributed by atoms with Gasteiger partial charge in [-0.1, -0.05) is 95.5 Å². The average molecular weight is 1540 g/mol. The van der Waals surface area contributed by atoms with Crippen molar-refractivity contribution >= 4 is 103 Å². The third kappa shape index (κ3) is 19.4. The van der Waals surface area contributed by atoms with Gasteiger partial charge in [0.15, 0.2) is 6.29 Å². The Kier molecular flexibility index (Phi) is 25.7. The number of para-hydroxylation sites is 2. The number of carbonyl (C=O) groups excluding carboxylic acids is 2. The van der Waals surface area contributed by atoms with Crippen LogP contribution < -0.4 is 33.5 Å². The monoisotopic (exact) mass is 1540 g/mol. The van der Waals surface area contributed by atoms with Crippen LogP contribution in [-0.4, -0.2) is 56.1 Å². The lowest BCUT2D eigenvalue weighted by Gasteiger charge is -2.15. The number of fused-ring (bicyclic) bond motifs is 3. The number of pyridine rings is 9. The number of aromatic amines is 1. The number of aldehydes is 1. The number of hydrogen-bond donors (Lipinski definition) is 4. The minimum Gasteiger partial charge on any atom is -0.398 e. The second-order valence-electron chi connectivity index (χ2n) is 22.9. The summed E-state index contributed by atoms with van der Waals surface area (Å²) in [7, 11) is 0. The van der Waals surface area contributed by atoms with Gasteiger partial charge in [-0.2, -0.15) is 0 Å². The molecule has 0 saturated carbocycles. The molecule has 0 aliphatic rings. The van der Waals surface area contributed by atoms with E-state index in [0.717, 1.165) is 60.9 Å². The van der Waals surface area contributed by atoms with Crippen molar-refractivity contribution in [3.05, 3.63) is 353 Å². The van der Waals surface area contributed by atoms with Crippen molar-refractivity contribution in [1.29, 1.82) is 0 Å². The van der Waals surface area contributed by atoms with Crippen LogP contribution in [0, 0.1) is 58.2 Å². The molecule has 0 fully saturated rings. The summed E-state index contributed by atoms with van der Waals surface area (Å²) < 4.78 is 139. The van der Waals surface area contributed by atoms with E-state index in [4.69, 9.17) is 46.3 Å². The number of anilines is 4. The van der Waals surface area contributed by atoms with E-state index >= 15 is 0 Å². The van der Waals surface area contributed by atoms with Crippen molar-refractivity contribution in [3.63, 3.8) is 0 Å². The molecule has 0 atom stereocenters. The molecule has 109 heavy (non-hydrogen) atoms. The maximum Gasteiger partial charge on any atom is 0.263 e. The standard InChI is InChI=1S/C25H15F3N4O.C20H11ClF2N2O.C14H7ClF2N2O.C9H8F2O.C6H5ClN2O.C5H5FN2/c26-16-9-10-22(30-14-16)31-23-12-21-15(13-29-23)11-18(24-19(27)7-4-8-20(24)28)25(33)32(21)17-5-2-1-3-6-17;21-18-10-17-12(11-24-18)9-14(19-15(22)7-4-8-16(19)23)20(26)25(17)13-5-2-1-3-6-13;15-12-5-11-7(6-18-12)4-8(14(20)19-11)13-9(16)2-1-3-10(13)17;1-6(12)5-7-8(10)3-2-4-9(7)11;7-6-1-5(8)4(3-10)2-9-6;6-4-1-2-5(7)8-3-4/h1-14H,(H,29,30,31);1-11H;1-6H,(H,19,20);2-4H,5H2,1H3;1-3H,(H2,8,9);1-3H,(H2,7,8). The lowest BCUT2D eigenvalue weighted by Crippen LogP contribution is -2.21. The molecule has 17 nitrogen and oxygen atoms in total. The van der Waals surface area contributed by atoms with Crippen LogP contribution >= 0.6 is 34.8 Å². The molecule has 0 unspecified atom stereocenters. The van der Waals surface area contributed by atoms with E-state index in [9.17, 15) is 67.9 Å². The Morgan fingerprint density at radius 2 is 0.853 bits per heavy atom. The van der Waals surface area contributed by atoms with Gasteiger partial charge in [0.2, 0.25) is 0 Å². The van der Waals surface area contributed by atoms with Crippen molar-refractivity contribution in [2.45, 2.75) is 13.3 Å². The first-order chi connectivity index (χ1) is 52.3. The van der Waals surface area contributed by atoms with Gasteiger partial charge >= 0.3 is 0 Å². The van der Waals surface area contributed by atoms with Crippen LogP contribution in [0.3, 0.4) is 0 Å². The second kappa shape index (κ2) is 35.7. The van der Waals surface area contributed by atoms with Gasteiger partial charge < -0.3 is 21.8 Å². The molecule has 0 saturated heterocycles. The van der Waals surface area contributed by atoms with E-state index in [2.05, 4.69) is 40.2 Å². The number of hydrogen-bond acceptors (Lipinski definition) is 14. The molecule has 9 heterocycles. The zero-order chi connectivity index (χ0) is 78.2. The number of aromatic nitrogens is 9. The van der Waals surface area contributed by atoms with Crippen LogP contribution in [-0.2, 0) is 11.2 Å². The number of benzene rings is 6. The highest BCUT2D eigenvalue weighted by Crippen LogP contribution is 2.32. The van der Waals surface area contributed by atoms with Gasteiger partial charge in [0.25, 0.3) is 16.7 Å². The predicted molar refractivity (Wildman–Crippen MR) is 399 cm³/mol. The van der Waals surface area contributed by atoms with Crippen LogP contribution in [0.15, 0.2) is 252 Å². The van der Waals surface area contributed by atoms with Crippen LogP contribution in [0.1, 0.15) is 22.8 Å². The van der Waals surface area contributed by atoms with Crippen LogP contribution in [0.25, 0.3) is 77.5 Å². The average Bonchev–Trinajstić information content (AvgIpc) is 0.760. The lowest BCUT2D eigenvalue weighted by atomic mass is 10.0. The first-order valence-corrected chi connectivity index (χ1v) is 32.8. The third-order valence-electron chi connectivity index (χ3n) is 15.4. The van der Waals surface area contributed by atoms with Gasteiger partial charge in [0, 0.05) is 82.1 Å². The summed E-state index contributed by atoms with van der Waals surface area (Å²) in [5.41, 5.74) is 10.5. The van der Waals surface area contributed by atoms with Gasteiger partial charge in [-0.3, -0.25) is 33.1 Å². The van der Waals surface area contributed by atoms with E-state index in [1.54, 1.807) is 66.7 Å². The molecule has 15 rings (SSSR count). The van der Waals surface area contributed by atoms with Gasteiger partial charge in [-0.05, 0) is 134 Å². The number of rotatable bonds is 10. The van der Waals surface area contributed by atoms with Gasteiger partial charge in [-0.25, -0.2) is 73.8 Å². The highest BCUT2D eigenvalue weighted by molar-refractivity contribution is 6.30. The highest BCUT2D eigenvalue weighted by atomic mass is 35.5. The van der Waals surface area contributed by atoms with Gasteiger partial charge in [0.1, 0.15) is 96.9 Å². The molecule has 0 spiro atoms. The molecule has 6 aromatic carbocycles. The Morgan fingerprint density at radius 1 is 0.440 bits per heavy atom. The summed E-state index contributed by atoms with van der Waals surface area (Å²) in [5.74, 6) is -6.21. The van der Waals surface area contributed by atoms with E-state index in [1.165, 1.54) is 120 Å². The quantitative estimate of drug-likeness (QED) is 0.0565.